The molecule has 0 aliphatic carbocycles. The molecule has 3 fully saturated rings. The van der Waals surface area contributed by atoms with Crippen molar-refractivity contribution in [2.24, 2.45) is 11.8 Å². The summed E-state index contributed by atoms with van der Waals surface area (Å²) in [7, 11) is 0. The number of amides is 7. The summed E-state index contributed by atoms with van der Waals surface area (Å²) in [4.78, 5) is 120. The van der Waals surface area contributed by atoms with Crippen LogP contribution in [0.4, 0.5) is 106 Å². The minimum absolute atomic E-state index is 0.0104. The Labute approximate surface area is 608 Å². The van der Waals surface area contributed by atoms with Crippen LogP contribution < -0.4 is 64.9 Å². The number of pyridine rings is 4. The number of aromatic nitrogens is 8. The molecule has 6 bridgehead atoms. The zero-order chi connectivity index (χ0) is 78.1. The zero-order valence-corrected chi connectivity index (χ0v) is 57.7. The van der Waals surface area contributed by atoms with E-state index in [1.54, 1.807) is 18.2 Å². The van der Waals surface area contributed by atoms with Gasteiger partial charge in [0.25, 0.3) is 5.91 Å². The second-order valence-corrected chi connectivity index (χ2v) is 25.8. The first-order valence-corrected chi connectivity index (χ1v) is 33.7. The molecular formula is C66H75F9N18O15. The predicted molar refractivity (Wildman–Crippen MR) is 364 cm³/mol. The van der Waals surface area contributed by atoms with Gasteiger partial charge >= 0.3 is 36.6 Å². The molecule has 10 N–H and O–H groups in total. The van der Waals surface area contributed by atoms with Crippen LogP contribution in [0.1, 0.15) is 84.3 Å². The normalized spacial score (nSPS) is 18.4. The van der Waals surface area contributed by atoms with E-state index < -0.39 is 123 Å². The lowest BCUT2D eigenvalue weighted by Crippen LogP contribution is -2.49. The number of ketones is 2. The van der Waals surface area contributed by atoms with Gasteiger partial charge in [-0.1, -0.05) is 13.8 Å². The number of carbonyl (C=O) groups is 6. The molecule has 0 aromatic carbocycles. The van der Waals surface area contributed by atoms with Gasteiger partial charge in [0.2, 0.25) is 17.7 Å². The van der Waals surface area contributed by atoms with Crippen molar-refractivity contribution in [1.29, 1.82) is 0 Å². The van der Waals surface area contributed by atoms with E-state index in [-0.39, 0.29) is 102 Å². The van der Waals surface area contributed by atoms with E-state index in [0.29, 0.717) is 81.3 Å². The van der Waals surface area contributed by atoms with Crippen LogP contribution in [0.25, 0.3) is 0 Å². The first-order chi connectivity index (χ1) is 51.2. The summed E-state index contributed by atoms with van der Waals surface area (Å²) in [5, 5.41) is 64.5. The van der Waals surface area contributed by atoms with Gasteiger partial charge in [-0.3, -0.25) is 50.0 Å². The molecule has 6 aliphatic rings. The van der Waals surface area contributed by atoms with Gasteiger partial charge in [0.15, 0.2) is 34.8 Å². The molecule has 0 radical (unpaired) electrons. The average Bonchev–Trinajstić information content (AvgIpc) is 1.56. The second-order valence-electron chi connectivity index (χ2n) is 25.8. The molecule has 6 aromatic rings. The summed E-state index contributed by atoms with van der Waals surface area (Å²) in [6, 6.07) is 8.62. The van der Waals surface area contributed by atoms with Crippen molar-refractivity contribution in [3.05, 3.63) is 96.5 Å². The minimum Gasteiger partial charge on any atom is -0.489 e. The highest BCUT2D eigenvalue weighted by Crippen LogP contribution is 2.43. The number of nitrogens with zero attached hydrogens (tertiary/aromatic N) is 14. The maximum absolute atomic E-state index is 13.3. The summed E-state index contributed by atoms with van der Waals surface area (Å²) in [5.74, 6) is -5.12. The third kappa shape index (κ3) is 19.5. The summed E-state index contributed by atoms with van der Waals surface area (Å²) < 4.78 is 132. The fraction of sp³-hybridized carbons (Fsp3) is 0.485. The van der Waals surface area contributed by atoms with Crippen LogP contribution in [0.2, 0.25) is 0 Å². The van der Waals surface area contributed by atoms with Crippen molar-refractivity contribution in [3.63, 3.8) is 0 Å². The number of ether oxygens (including phenoxy) is 3. The second kappa shape index (κ2) is 34.0. The molecule has 7 amide bonds. The monoisotopic (exact) mass is 1530 g/mol. The van der Waals surface area contributed by atoms with E-state index >= 15 is 0 Å². The highest BCUT2D eigenvalue weighted by molar-refractivity contribution is 6.07. The van der Waals surface area contributed by atoms with Crippen LogP contribution in [0.15, 0.2) is 79.4 Å². The Hall–Kier alpha value is -10.7. The third-order valence-electron chi connectivity index (χ3n) is 17.8. The van der Waals surface area contributed by atoms with Crippen molar-refractivity contribution in [2.75, 3.05) is 124 Å². The molecule has 12 heterocycles. The number of fused-ring (bicyclic) bond motifs is 12. The van der Waals surface area contributed by atoms with Crippen LogP contribution in [0.3, 0.4) is 0 Å². The number of halogens is 9. The number of carbonyl (C=O) groups excluding carboxylic acids is 6. The number of urea groups is 3. The molecule has 12 rings (SSSR count). The lowest BCUT2D eigenvalue weighted by atomic mass is 10.0. The summed E-state index contributed by atoms with van der Waals surface area (Å²) in [5.41, 5.74) is 1.24. The number of hydrogen-bond donors (Lipinski definition) is 10. The van der Waals surface area contributed by atoms with E-state index in [0.717, 1.165) is 20.8 Å². The molecule has 582 valence electrons. The van der Waals surface area contributed by atoms with E-state index in [9.17, 15) is 83.6 Å². The van der Waals surface area contributed by atoms with Gasteiger partial charge in [0, 0.05) is 64.4 Å². The first kappa shape index (κ1) is 79.9. The van der Waals surface area contributed by atoms with Crippen molar-refractivity contribution in [1.82, 2.24) is 45.2 Å². The average molecular weight is 1530 g/mol. The zero-order valence-electron chi connectivity index (χ0n) is 57.7. The first-order valence-electron chi connectivity index (χ1n) is 33.7. The lowest BCUT2D eigenvalue weighted by Gasteiger charge is -2.35. The number of alkyl halides is 9. The van der Waals surface area contributed by atoms with Crippen LogP contribution in [-0.2, 0) is 0 Å². The number of Topliss-reactive ketones (excluding diaryl/α,β-unsaturated/α-hetero) is 2. The Bertz CT molecular complexity index is 4040. The Morgan fingerprint density at radius 1 is 0.491 bits per heavy atom. The van der Waals surface area contributed by atoms with E-state index in [1.807, 2.05) is 20.0 Å². The van der Waals surface area contributed by atoms with Gasteiger partial charge in [0.05, 0.1) is 85.4 Å². The fourth-order valence-corrected chi connectivity index (χ4v) is 11.9. The summed E-state index contributed by atoms with van der Waals surface area (Å²) in [6.07, 6.45) is -11.2. The number of hydrogen-bond acceptors (Lipinski definition) is 26. The van der Waals surface area contributed by atoms with Crippen molar-refractivity contribution < 1.29 is 113 Å². The number of aliphatic hydroxyl groups excluding tert-OH is 6. The third-order valence-corrected chi connectivity index (χ3v) is 17.8. The largest absolute Gasteiger partial charge is 0.489 e. The molecule has 0 unspecified atom stereocenters. The van der Waals surface area contributed by atoms with Gasteiger partial charge in [0.1, 0.15) is 72.8 Å². The Kier molecular flexibility index (Phi) is 25.2. The number of nitrogens with one attached hydrogen (secondary N) is 4. The van der Waals surface area contributed by atoms with E-state index in [4.69, 9.17) is 29.5 Å². The molecule has 42 heteroatoms. The van der Waals surface area contributed by atoms with Crippen LogP contribution in [0, 0.1) is 11.8 Å². The predicted octanol–water partition coefficient (Wildman–Crippen LogP) is 5.53. The topological polar surface area (TPSA) is 422 Å². The Morgan fingerprint density at radius 3 is 1.37 bits per heavy atom. The number of anilines is 9. The smallest absolute Gasteiger partial charge is 0.408 e. The number of rotatable bonds is 23. The highest BCUT2D eigenvalue weighted by atomic mass is 19.4. The fourth-order valence-electron chi connectivity index (χ4n) is 11.9. The quantitative estimate of drug-likeness (QED) is 0.0278. The lowest BCUT2D eigenvalue weighted by molar-refractivity contribution is -0.169. The Morgan fingerprint density at radius 2 is 0.926 bits per heavy atom. The summed E-state index contributed by atoms with van der Waals surface area (Å²) in [6.45, 7) is 4.26. The molecule has 0 saturated carbocycles. The molecule has 33 nitrogen and oxygen atoms in total. The molecule has 108 heavy (non-hydrogen) atoms. The minimum atomic E-state index is -4.60. The van der Waals surface area contributed by atoms with Gasteiger partial charge in [-0.15, -0.1) is 0 Å². The van der Waals surface area contributed by atoms with Crippen molar-refractivity contribution in [3.8, 4) is 17.5 Å². The standard InChI is InChI=1S/3C22H25F3N6O5/c1-12(22(23,24)25)27-20(34)16-3-4-17-19(28-16)31(13-6-7-30(17)9-13)21(35)29-18-5-2-15(8-26-18)36-11-14(33)10-32;1-12(22(23,24)25)8-17(34)15-2-3-16-19(27-15)31(13-5-7-30(16)9-13)21(35)29-20-26-6-4-18(28-20)36-11-14(33)10-32;1-12(22(23,24)25)6-17(34)15-2-3-16-20(27-15)31(13-4-5-30(16)9-13)21(35)29-18-7-26-8-19(28-18)36-11-14(33)10-32/h2-5,8,12-14,32-33H,6-7,9-11H2,1H3,(H,27,34)(H,26,29,35);2-4,6,12-14,32-33H,5,7-11H2,1H3,(H,26,28,29,35);2-3,7-8,12-14,32-33H,4-6,9-11H2,1H3,(H,28,29,35)/t12-,13+,14+;12-,13-,14-;12-,13-,14+/m100/s1. The molecule has 0 spiro atoms. The van der Waals surface area contributed by atoms with E-state index in [1.165, 1.54) is 75.9 Å². The molecule has 3 saturated heterocycles. The van der Waals surface area contributed by atoms with Gasteiger partial charge < -0.3 is 64.9 Å². The maximum Gasteiger partial charge on any atom is 0.408 e. The van der Waals surface area contributed by atoms with Crippen LogP contribution in [-0.4, -0.2) is 246 Å². The van der Waals surface area contributed by atoms with Crippen molar-refractivity contribution >= 4 is 87.7 Å². The highest BCUT2D eigenvalue weighted by Gasteiger charge is 2.46. The molecule has 9 atom stereocenters. The number of aliphatic hydroxyl groups is 6. The van der Waals surface area contributed by atoms with Crippen LogP contribution >= 0.6 is 0 Å². The van der Waals surface area contributed by atoms with Gasteiger partial charge in [-0.25, -0.2) is 39.3 Å². The summed E-state index contributed by atoms with van der Waals surface area (Å²) >= 11 is 0. The van der Waals surface area contributed by atoms with Crippen LogP contribution in [0.5, 0.6) is 17.5 Å². The molecule has 6 aliphatic heterocycles. The van der Waals surface area contributed by atoms with E-state index in [2.05, 4.69) is 55.8 Å². The maximum atomic E-state index is 13.3. The van der Waals surface area contributed by atoms with Gasteiger partial charge in [-0.2, -0.15) is 49.5 Å². The van der Waals surface area contributed by atoms with Crippen molar-refractivity contribution in [2.45, 2.75) is 114 Å². The Balaban J connectivity index is 0.000000173. The van der Waals surface area contributed by atoms with Gasteiger partial charge in [-0.05, 0) is 74.7 Å². The molecular weight excluding hydrogens is 1460 g/mol. The molecule has 6 aromatic heterocycles. The SMILES string of the molecule is C[C@@H](CC(=O)c1ccc2c(n1)N(C(=O)Nc1cncc(OC[C@H](O)CO)n1)[C@H]1CCN2C1)C(F)(F)F.C[C@@H](CC(=O)c1ccc2c(n1)N(C(=O)Nc1nccc(OC[C@@H](O)CO)n1)[C@H]1CCN2C1)C(F)(F)F.C[C@@H](NC(=O)c1ccc2c(n1)N(C(=O)Nc1ccc(OC[C@@H](O)CO)cn1)[C@H]1CCN2C1)C(F)(F)F.